The molecule has 0 aliphatic carbocycles. The summed E-state index contributed by atoms with van der Waals surface area (Å²) >= 11 is 0. The van der Waals surface area contributed by atoms with Gasteiger partial charge in [0.2, 0.25) is 0 Å². The van der Waals surface area contributed by atoms with Crippen molar-refractivity contribution in [3.63, 3.8) is 0 Å². The molecule has 1 rings (SSSR count). The van der Waals surface area contributed by atoms with Crippen LogP contribution in [0, 0.1) is 5.92 Å². The summed E-state index contributed by atoms with van der Waals surface area (Å²) in [6.07, 6.45) is 6.21. The van der Waals surface area contributed by atoms with Gasteiger partial charge in [0.25, 0.3) is 0 Å². The van der Waals surface area contributed by atoms with Gasteiger partial charge in [-0.3, -0.25) is 5.43 Å². The van der Waals surface area contributed by atoms with E-state index in [1.165, 1.54) is 32.1 Å². The molecule has 0 radical (unpaired) electrons. The standard InChI is InChI=1S/C9H20N4/c1-3-5-7-8(6-4-2)9-10-12-13-11-9/h8,12-13H,3-7H2,1-2H3,(H,10,11). The Hall–Kier alpha value is -0.770. The first-order chi connectivity index (χ1) is 6.38. The molecule has 0 saturated carbocycles. The van der Waals surface area contributed by atoms with Crippen LogP contribution in [-0.4, -0.2) is 5.84 Å². The lowest BCUT2D eigenvalue weighted by molar-refractivity contribution is 0.520. The highest BCUT2D eigenvalue weighted by atomic mass is 15.8. The molecule has 0 fully saturated rings. The van der Waals surface area contributed by atoms with E-state index in [9.17, 15) is 0 Å². The average molecular weight is 184 g/mol. The maximum atomic E-state index is 4.15. The second-order valence-corrected chi connectivity index (χ2v) is 3.49. The lowest BCUT2D eigenvalue weighted by Crippen LogP contribution is -2.37. The molecule has 1 atom stereocenters. The molecule has 0 spiro atoms. The van der Waals surface area contributed by atoms with E-state index in [-0.39, 0.29) is 0 Å². The summed E-state index contributed by atoms with van der Waals surface area (Å²) in [6.45, 7) is 4.44. The van der Waals surface area contributed by atoms with Gasteiger partial charge in [0, 0.05) is 5.92 Å². The topological polar surface area (TPSA) is 48.5 Å². The molecule has 0 aromatic carbocycles. The van der Waals surface area contributed by atoms with Crippen LogP contribution in [0.15, 0.2) is 5.10 Å². The van der Waals surface area contributed by atoms with Crippen molar-refractivity contribution < 1.29 is 0 Å². The third-order valence-corrected chi connectivity index (χ3v) is 2.35. The molecule has 0 aromatic heterocycles. The highest BCUT2D eigenvalue weighted by Crippen LogP contribution is 2.16. The zero-order valence-corrected chi connectivity index (χ0v) is 8.56. The summed E-state index contributed by atoms with van der Waals surface area (Å²) in [5, 5.41) is 4.15. The summed E-state index contributed by atoms with van der Waals surface area (Å²) in [5.41, 5.74) is 8.54. The molecular weight excluding hydrogens is 164 g/mol. The van der Waals surface area contributed by atoms with E-state index >= 15 is 0 Å². The largest absolute Gasteiger partial charge is 0.288 e. The molecule has 0 bridgehead atoms. The van der Waals surface area contributed by atoms with E-state index in [1.807, 2.05) is 0 Å². The van der Waals surface area contributed by atoms with Crippen LogP contribution < -0.4 is 16.5 Å². The minimum Gasteiger partial charge on any atom is -0.288 e. The average Bonchev–Trinajstić information content (AvgIpc) is 2.65. The fourth-order valence-corrected chi connectivity index (χ4v) is 1.62. The number of hydrogen-bond donors (Lipinski definition) is 3. The minimum absolute atomic E-state index is 0.590. The number of unbranched alkanes of at least 4 members (excludes halogenated alkanes) is 1. The lowest BCUT2D eigenvalue weighted by atomic mass is 9.96. The van der Waals surface area contributed by atoms with Crippen molar-refractivity contribution in [3.8, 4) is 0 Å². The zero-order chi connectivity index (χ0) is 9.52. The smallest absolute Gasteiger partial charge is 0.142 e. The van der Waals surface area contributed by atoms with Gasteiger partial charge in [-0.1, -0.05) is 33.1 Å². The SMILES string of the molecule is CCCCC(CCC)C1=NNNN1. The van der Waals surface area contributed by atoms with Gasteiger partial charge in [-0.15, -0.1) is 10.6 Å². The number of amidine groups is 1. The highest BCUT2D eigenvalue weighted by molar-refractivity contribution is 5.84. The molecule has 4 heteroatoms. The molecule has 1 aliphatic heterocycles. The van der Waals surface area contributed by atoms with Gasteiger partial charge in [-0.25, -0.2) is 5.53 Å². The number of rotatable bonds is 6. The number of nitrogens with zero attached hydrogens (tertiary/aromatic N) is 1. The van der Waals surface area contributed by atoms with Gasteiger partial charge in [-0.05, 0) is 12.8 Å². The van der Waals surface area contributed by atoms with Crippen molar-refractivity contribution in [1.29, 1.82) is 0 Å². The Kier molecular flexibility index (Phi) is 4.60. The molecule has 1 unspecified atom stereocenters. The fraction of sp³-hybridized carbons (Fsp3) is 0.889. The minimum atomic E-state index is 0.590. The van der Waals surface area contributed by atoms with Gasteiger partial charge in [0.1, 0.15) is 5.84 Å². The van der Waals surface area contributed by atoms with Crippen LogP contribution in [-0.2, 0) is 0 Å². The Bertz CT molecular complexity index is 167. The van der Waals surface area contributed by atoms with Crippen LogP contribution in [0.5, 0.6) is 0 Å². The van der Waals surface area contributed by atoms with Crippen LogP contribution in [0.25, 0.3) is 0 Å². The summed E-state index contributed by atoms with van der Waals surface area (Å²) < 4.78 is 0. The van der Waals surface area contributed by atoms with E-state index in [0.29, 0.717) is 5.92 Å². The zero-order valence-electron chi connectivity index (χ0n) is 8.56. The van der Waals surface area contributed by atoms with Crippen LogP contribution >= 0.6 is 0 Å². The van der Waals surface area contributed by atoms with Crippen LogP contribution in [0.2, 0.25) is 0 Å². The first-order valence-electron chi connectivity index (χ1n) is 5.22. The Morgan fingerprint density at radius 1 is 1.23 bits per heavy atom. The van der Waals surface area contributed by atoms with E-state index in [4.69, 9.17) is 0 Å². The second kappa shape index (κ2) is 5.80. The second-order valence-electron chi connectivity index (χ2n) is 3.49. The van der Waals surface area contributed by atoms with E-state index in [1.54, 1.807) is 0 Å². The fourth-order valence-electron chi connectivity index (χ4n) is 1.62. The molecule has 76 valence electrons. The molecular formula is C9H20N4. The predicted octanol–water partition coefficient (Wildman–Crippen LogP) is 1.52. The van der Waals surface area contributed by atoms with Crippen molar-refractivity contribution in [3.05, 3.63) is 0 Å². The summed E-state index contributed by atoms with van der Waals surface area (Å²) in [6, 6.07) is 0. The third-order valence-electron chi connectivity index (χ3n) is 2.35. The van der Waals surface area contributed by atoms with Gasteiger partial charge in [0.15, 0.2) is 0 Å². The van der Waals surface area contributed by atoms with E-state index < -0.39 is 0 Å². The molecule has 0 amide bonds. The van der Waals surface area contributed by atoms with Crippen molar-refractivity contribution in [1.82, 2.24) is 16.5 Å². The molecule has 1 aliphatic rings. The summed E-state index contributed by atoms with van der Waals surface area (Å²) in [7, 11) is 0. The molecule has 3 N–H and O–H groups in total. The number of hydrazine groups is 2. The third kappa shape index (κ3) is 3.22. The molecule has 13 heavy (non-hydrogen) atoms. The number of hydrogen-bond acceptors (Lipinski definition) is 4. The maximum absolute atomic E-state index is 4.15. The quantitative estimate of drug-likeness (QED) is 0.586. The monoisotopic (exact) mass is 184 g/mol. The van der Waals surface area contributed by atoms with Gasteiger partial charge >= 0.3 is 0 Å². The lowest BCUT2D eigenvalue weighted by Gasteiger charge is -2.14. The van der Waals surface area contributed by atoms with Crippen molar-refractivity contribution in [2.75, 3.05) is 0 Å². The predicted molar refractivity (Wildman–Crippen MR) is 54.8 cm³/mol. The first-order valence-corrected chi connectivity index (χ1v) is 5.22. The van der Waals surface area contributed by atoms with Gasteiger partial charge < -0.3 is 0 Å². The number of hydrazone groups is 1. The van der Waals surface area contributed by atoms with Gasteiger partial charge in [-0.2, -0.15) is 0 Å². The Morgan fingerprint density at radius 3 is 2.62 bits per heavy atom. The normalized spacial score (nSPS) is 17.5. The number of nitrogens with one attached hydrogen (secondary N) is 3. The maximum Gasteiger partial charge on any atom is 0.142 e. The van der Waals surface area contributed by atoms with Gasteiger partial charge in [0.05, 0.1) is 0 Å². The molecule has 0 aromatic rings. The van der Waals surface area contributed by atoms with E-state index in [0.717, 1.165) is 5.84 Å². The molecule has 4 nitrogen and oxygen atoms in total. The van der Waals surface area contributed by atoms with Crippen LogP contribution in [0.4, 0.5) is 0 Å². The van der Waals surface area contributed by atoms with Crippen LogP contribution in [0.1, 0.15) is 46.0 Å². The Morgan fingerprint density at radius 2 is 2.08 bits per heavy atom. The molecule has 1 heterocycles. The Balaban J connectivity index is 2.36. The van der Waals surface area contributed by atoms with Crippen molar-refractivity contribution in [2.45, 2.75) is 46.0 Å². The Labute approximate surface area is 80.1 Å². The summed E-state index contributed by atoms with van der Waals surface area (Å²) in [4.78, 5) is 0. The molecule has 0 saturated heterocycles. The first kappa shape index (κ1) is 10.3. The van der Waals surface area contributed by atoms with Crippen LogP contribution in [0.3, 0.4) is 0 Å². The van der Waals surface area contributed by atoms with E-state index in [2.05, 4.69) is 35.4 Å². The summed E-state index contributed by atoms with van der Waals surface area (Å²) in [5.74, 6) is 1.66. The highest BCUT2D eigenvalue weighted by Gasteiger charge is 2.17. The van der Waals surface area contributed by atoms with Crippen molar-refractivity contribution in [2.24, 2.45) is 11.0 Å². The van der Waals surface area contributed by atoms with Crippen molar-refractivity contribution >= 4 is 5.84 Å².